The van der Waals surface area contributed by atoms with Crippen LogP contribution >= 0.6 is 11.8 Å². The third-order valence-electron chi connectivity index (χ3n) is 4.43. The Balaban J connectivity index is 1.83. The molecule has 5 heteroatoms. The second-order valence-corrected chi connectivity index (χ2v) is 7.19. The molecular formula is C15H20N4S. The Hall–Kier alpha value is -1.07. The van der Waals surface area contributed by atoms with Crippen LogP contribution in [-0.4, -0.2) is 45.3 Å². The molecule has 0 N–H and O–H groups in total. The minimum Gasteiger partial charge on any atom is -0.306 e. The molecule has 2 aromatic heterocycles. The molecule has 2 saturated heterocycles. The summed E-state index contributed by atoms with van der Waals surface area (Å²) < 4.78 is 2.44. The van der Waals surface area contributed by atoms with E-state index in [1.54, 1.807) is 0 Å². The van der Waals surface area contributed by atoms with E-state index in [0.717, 1.165) is 17.7 Å². The molecule has 0 radical (unpaired) electrons. The lowest BCUT2D eigenvalue weighted by Gasteiger charge is -2.18. The highest BCUT2D eigenvalue weighted by molar-refractivity contribution is 7.99. The fourth-order valence-corrected chi connectivity index (χ4v) is 4.72. The maximum absolute atomic E-state index is 4.93. The van der Waals surface area contributed by atoms with Gasteiger partial charge in [-0.2, -0.15) is 0 Å². The molecule has 4 rings (SSSR count). The van der Waals surface area contributed by atoms with Crippen LogP contribution in [-0.2, 0) is 0 Å². The summed E-state index contributed by atoms with van der Waals surface area (Å²) in [6, 6.07) is 4.09. The SMILES string of the molecule is CN1CCC(c2nc3cccnc3n2C2CCCS2)C1. The lowest BCUT2D eigenvalue weighted by Crippen LogP contribution is -2.16. The summed E-state index contributed by atoms with van der Waals surface area (Å²) in [7, 11) is 2.20. The van der Waals surface area contributed by atoms with E-state index in [0.29, 0.717) is 11.3 Å². The number of imidazole rings is 1. The van der Waals surface area contributed by atoms with Crippen molar-refractivity contribution in [3.8, 4) is 0 Å². The number of hydrogen-bond acceptors (Lipinski definition) is 4. The Bertz CT molecular complexity index is 617. The van der Waals surface area contributed by atoms with Crippen molar-refractivity contribution in [1.29, 1.82) is 0 Å². The van der Waals surface area contributed by atoms with Crippen LogP contribution in [0.4, 0.5) is 0 Å². The molecule has 4 heterocycles. The van der Waals surface area contributed by atoms with Gasteiger partial charge in [-0.3, -0.25) is 4.57 Å². The van der Waals surface area contributed by atoms with E-state index in [1.807, 2.05) is 12.3 Å². The molecule has 4 nitrogen and oxygen atoms in total. The van der Waals surface area contributed by atoms with Gasteiger partial charge in [-0.1, -0.05) is 0 Å². The van der Waals surface area contributed by atoms with E-state index in [1.165, 1.54) is 37.4 Å². The molecule has 2 unspecified atom stereocenters. The molecule has 2 aliphatic heterocycles. The first kappa shape index (κ1) is 12.7. The zero-order valence-electron chi connectivity index (χ0n) is 11.8. The third kappa shape index (κ3) is 2.04. The van der Waals surface area contributed by atoms with Gasteiger partial charge in [0.15, 0.2) is 5.65 Å². The lowest BCUT2D eigenvalue weighted by molar-refractivity contribution is 0.407. The van der Waals surface area contributed by atoms with Gasteiger partial charge in [0, 0.05) is 18.7 Å². The van der Waals surface area contributed by atoms with Crippen molar-refractivity contribution in [2.75, 3.05) is 25.9 Å². The van der Waals surface area contributed by atoms with E-state index in [2.05, 4.69) is 39.3 Å². The van der Waals surface area contributed by atoms with Crippen LogP contribution in [0, 0.1) is 0 Å². The average molecular weight is 288 g/mol. The zero-order chi connectivity index (χ0) is 13.5. The molecule has 0 aromatic carbocycles. The van der Waals surface area contributed by atoms with Crippen LogP contribution in [0.5, 0.6) is 0 Å². The Morgan fingerprint density at radius 2 is 2.30 bits per heavy atom. The van der Waals surface area contributed by atoms with Crippen LogP contribution in [0.1, 0.15) is 36.4 Å². The Kier molecular flexibility index (Phi) is 3.19. The summed E-state index contributed by atoms with van der Waals surface area (Å²) in [4.78, 5) is 12.0. The number of pyridine rings is 1. The number of rotatable bonds is 2. The first-order chi connectivity index (χ1) is 9.83. The van der Waals surface area contributed by atoms with Gasteiger partial charge in [0.1, 0.15) is 11.3 Å². The summed E-state index contributed by atoms with van der Waals surface area (Å²) in [6.45, 7) is 2.31. The third-order valence-corrected chi connectivity index (χ3v) is 5.78. The summed E-state index contributed by atoms with van der Waals surface area (Å²) in [6.07, 6.45) is 5.68. The molecule has 2 aromatic rings. The number of aromatic nitrogens is 3. The van der Waals surface area contributed by atoms with Gasteiger partial charge in [0.05, 0.1) is 5.37 Å². The number of thioether (sulfide) groups is 1. The molecule has 0 aliphatic carbocycles. The quantitative estimate of drug-likeness (QED) is 0.851. The van der Waals surface area contributed by atoms with Gasteiger partial charge < -0.3 is 4.90 Å². The van der Waals surface area contributed by atoms with Crippen LogP contribution in [0.15, 0.2) is 18.3 Å². The first-order valence-electron chi connectivity index (χ1n) is 7.46. The van der Waals surface area contributed by atoms with Crippen molar-refractivity contribution < 1.29 is 0 Å². The average Bonchev–Trinajstić information content (AvgIpc) is 3.15. The van der Waals surface area contributed by atoms with E-state index in [4.69, 9.17) is 4.98 Å². The van der Waals surface area contributed by atoms with Crippen LogP contribution in [0.2, 0.25) is 0 Å². The van der Waals surface area contributed by atoms with Crippen LogP contribution in [0.3, 0.4) is 0 Å². The molecule has 2 fully saturated rings. The Labute approximate surface area is 123 Å². The fourth-order valence-electron chi connectivity index (χ4n) is 3.43. The second-order valence-electron chi connectivity index (χ2n) is 5.90. The van der Waals surface area contributed by atoms with Gasteiger partial charge in [0.2, 0.25) is 0 Å². The minimum absolute atomic E-state index is 0.538. The van der Waals surface area contributed by atoms with Gasteiger partial charge in [-0.25, -0.2) is 9.97 Å². The highest BCUT2D eigenvalue weighted by atomic mass is 32.2. The molecule has 0 bridgehead atoms. The molecule has 0 amide bonds. The minimum atomic E-state index is 0.538. The molecular weight excluding hydrogens is 268 g/mol. The monoisotopic (exact) mass is 288 g/mol. The summed E-state index contributed by atoms with van der Waals surface area (Å²) in [5.41, 5.74) is 2.14. The van der Waals surface area contributed by atoms with E-state index >= 15 is 0 Å². The summed E-state index contributed by atoms with van der Waals surface area (Å²) >= 11 is 2.06. The highest BCUT2D eigenvalue weighted by Gasteiger charge is 2.30. The maximum atomic E-state index is 4.93. The molecule has 20 heavy (non-hydrogen) atoms. The van der Waals surface area contributed by atoms with Gasteiger partial charge in [0.25, 0.3) is 0 Å². The second kappa shape index (κ2) is 5.04. The van der Waals surface area contributed by atoms with E-state index in [-0.39, 0.29) is 0 Å². The van der Waals surface area contributed by atoms with Crippen molar-refractivity contribution in [3.63, 3.8) is 0 Å². The predicted molar refractivity (Wildman–Crippen MR) is 83.1 cm³/mol. The number of nitrogens with zero attached hydrogens (tertiary/aromatic N) is 4. The van der Waals surface area contributed by atoms with Crippen molar-refractivity contribution >= 4 is 22.9 Å². The Morgan fingerprint density at radius 1 is 1.35 bits per heavy atom. The maximum Gasteiger partial charge on any atom is 0.160 e. The molecule has 0 saturated carbocycles. The Morgan fingerprint density at radius 3 is 3.05 bits per heavy atom. The van der Waals surface area contributed by atoms with Crippen molar-refractivity contribution in [1.82, 2.24) is 19.4 Å². The predicted octanol–water partition coefficient (Wildman–Crippen LogP) is 2.88. The van der Waals surface area contributed by atoms with E-state index in [9.17, 15) is 0 Å². The topological polar surface area (TPSA) is 34.0 Å². The summed E-state index contributed by atoms with van der Waals surface area (Å²) in [5.74, 6) is 3.10. The smallest absolute Gasteiger partial charge is 0.160 e. The van der Waals surface area contributed by atoms with Crippen molar-refractivity contribution in [2.24, 2.45) is 0 Å². The van der Waals surface area contributed by atoms with Crippen LogP contribution in [0.25, 0.3) is 11.2 Å². The number of likely N-dealkylation sites (tertiary alicyclic amines) is 1. The highest BCUT2D eigenvalue weighted by Crippen LogP contribution is 2.40. The first-order valence-corrected chi connectivity index (χ1v) is 8.51. The lowest BCUT2D eigenvalue weighted by atomic mass is 10.1. The van der Waals surface area contributed by atoms with Crippen molar-refractivity contribution in [3.05, 3.63) is 24.2 Å². The van der Waals surface area contributed by atoms with Gasteiger partial charge >= 0.3 is 0 Å². The fraction of sp³-hybridized carbons (Fsp3) is 0.600. The standard InChI is InChI=1S/C15H20N4S/c1-18-8-6-11(10-18)14-17-12-4-2-7-16-15(12)19(14)13-5-3-9-20-13/h2,4,7,11,13H,3,5-6,8-10H2,1H3. The largest absolute Gasteiger partial charge is 0.306 e. The molecule has 2 aliphatic rings. The summed E-state index contributed by atoms with van der Waals surface area (Å²) in [5, 5.41) is 0.538. The number of fused-ring (bicyclic) bond motifs is 1. The zero-order valence-corrected chi connectivity index (χ0v) is 12.6. The molecule has 2 atom stereocenters. The number of hydrogen-bond donors (Lipinski definition) is 0. The van der Waals surface area contributed by atoms with E-state index < -0.39 is 0 Å². The molecule has 106 valence electrons. The number of likely N-dealkylation sites (N-methyl/N-ethyl adjacent to an activating group) is 1. The van der Waals surface area contributed by atoms with Crippen molar-refractivity contribution in [2.45, 2.75) is 30.6 Å². The van der Waals surface area contributed by atoms with Gasteiger partial charge in [-0.05, 0) is 50.7 Å². The van der Waals surface area contributed by atoms with Crippen LogP contribution < -0.4 is 0 Å². The van der Waals surface area contributed by atoms with Gasteiger partial charge in [-0.15, -0.1) is 11.8 Å². The molecule has 0 spiro atoms. The normalized spacial score (nSPS) is 27.6.